The Balaban J connectivity index is 2.46. The summed E-state index contributed by atoms with van der Waals surface area (Å²) in [6.45, 7) is 1.36. The third-order valence-corrected chi connectivity index (χ3v) is 2.56. The van der Waals surface area contributed by atoms with E-state index in [2.05, 4.69) is 5.32 Å². The summed E-state index contributed by atoms with van der Waals surface area (Å²) in [5.74, 6) is -0.0210. The van der Waals surface area contributed by atoms with Crippen LogP contribution in [-0.2, 0) is 0 Å². The van der Waals surface area contributed by atoms with Gasteiger partial charge in [0.15, 0.2) is 0 Å². The summed E-state index contributed by atoms with van der Waals surface area (Å²) in [6, 6.07) is 7.56. The Kier molecular flexibility index (Phi) is 5.49. The van der Waals surface area contributed by atoms with Gasteiger partial charge in [-0.15, -0.1) is 0 Å². The number of anilines is 1. The van der Waals surface area contributed by atoms with Gasteiger partial charge in [-0.1, -0.05) is 0 Å². The second-order valence-electron chi connectivity index (χ2n) is 4.19. The first kappa shape index (κ1) is 13.5. The van der Waals surface area contributed by atoms with Crippen LogP contribution >= 0.6 is 0 Å². The van der Waals surface area contributed by atoms with Gasteiger partial charge < -0.3 is 16.0 Å². The fourth-order valence-corrected chi connectivity index (χ4v) is 1.48. The van der Waals surface area contributed by atoms with Crippen LogP contribution in [0.5, 0.6) is 0 Å². The van der Waals surface area contributed by atoms with Crippen LogP contribution in [0.2, 0.25) is 0 Å². The molecule has 0 spiro atoms. The predicted molar refractivity (Wildman–Crippen MR) is 71.4 cm³/mol. The number of benzene rings is 1. The maximum atomic E-state index is 11.7. The van der Waals surface area contributed by atoms with Crippen LogP contribution in [0, 0.1) is 0 Å². The lowest BCUT2D eigenvalue weighted by Crippen LogP contribution is -2.24. The number of unbranched alkanes of at least 4 members (excludes halogenated alkanes) is 1. The summed E-state index contributed by atoms with van der Waals surface area (Å²) in [5, 5.41) is 2.87. The van der Waals surface area contributed by atoms with Gasteiger partial charge in [-0.2, -0.15) is 0 Å². The molecule has 94 valence electrons. The highest BCUT2D eigenvalue weighted by atomic mass is 16.1. The summed E-state index contributed by atoms with van der Waals surface area (Å²) in [4.78, 5) is 13.7. The predicted octanol–water partition coefficient (Wildman–Crippen LogP) is 1.22. The van der Waals surface area contributed by atoms with Crippen LogP contribution in [0.4, 0.5) is 5.69 Å². The zero-order valence-electron chi connectivity index (χ0n) is 10.6. The fourth-order valence-electron chi connectivity index (χ4n) is 1.48. The minimum absolute atomic E-state index is 0.0210. The monoisotopic (exact) mass is 235 g/mol. The number of amides is 1. The summed E-state index contributed by atoms with van der Waals surface area (Å²) < 4.78 is 0. The molecule has 0 fully saturated rings. The maximum Gasteiger partial charge on any atom is 0.251 e. The van der Waals surface area contributed by atoms with Crippen LogP contribution in [0.3, 0.4) is 0 Å². The normalized spacial score (nSPS) is 10.1. The summed E-state index contributed by atoms with van der Waals surface area (Å²) in [5.41, 5.74) is 7.17. The van der Waals surface area contributed by atoms with Gasteiger partial charge in [-0.25, -0.2) is 0 Å². The smallest absolute Gasteiger partial charge is 0.251 e. The van der Waals surface area contributed by atoms with E-state index in [-0.39, 0.29) is 5.91 Å². The number of carbonyl (C=O) groups is 1. The number of nitrogens with one attached hydrogen (secondary N) is 1. The number of nitrogens with two attached hydrogens (primary N) is 1. The van der Waals surface area contributed by atoms with Gasteiger partial charge in [0.05, 0.1) is 0 Å². The van der Waals surface area contributed by atoms with Crippen molar-refractivity contribution in [2.75, 3.05) is 32.1 Å². The molecule has 0 unspecified atom stereocenters. The topological polar surface area (TPSA) is 58.4 Å². The van der Waals surface area contributed by atoms with E-state index in [1.54, 1.807) is 0 Å². The Bertz CT molecular complexity index is 346. The summed E-state index contributed by atoms with van der Waals surface area (Å²) in [6.07, 6.45) is 1.87. The van der Waals surface area contributed by atoms with Crippen molar-refractivity contribution >= 4 is 11.6 Å². The molecule has 4 nitrogen and oxygen atoms in total. The Labute approximate surface area is 103 Å². The van der Waals surface area contributed by atoms with Crippen LogP contribution in [0.1, 0.15) is 23.2 Å². The zero-order chi connectivity index (χ0) is 12.7. The molecule has 1 aromatic rings. The number of rotatable bonds is 6. The molecule has 0 aliphatic carbocycles. The maximum absolute atomic E-state index is 11.7. The number of hydrogen-bond acceptors (Lipinski definition) is 3. The van der Waals surface area contributed by atoms with Crippen LogP contribution in [-0.4, -0.2) is 33.1 Å². The second-order valence-corrected chi connectivity index (χ2v) is 4.19. The first-order valence-corrected chi connectivity index (χ1v) is 5.91. The Morgan fingerprint density at radius 1 is 1.24 bits per heavy atom. The second kappa shape index (κ2) is 6.91. The molecule has 0 heterocycles. The number of carbonyl (C=O) groups excluding carboxylic acids is 1. The third-order valence-electron chi connectivity index (χ3n) is 2.56. The molecule has 0 saturated carbocycles. The standard InChI is InChI=1S/C13H21N3O/c1-16(2)12-7-5-11(6-8-12)13(17)15-10-4-3-9-14/h5-8H,3-4,9-10,14H2,1-2H3,(H,15,17). The lowest BCUT2D eigenvalue weighted by atomic mass is 10.2. The number of hydrogen-bond donors (Lipinski definition) is 2. The Hall–Kier alpha value is -1.55. The average Bonchev–Trinajstić information content (AvgIpc) is 2.34. The molecule has 17 heavy (non-hydrogen) atoms. The molecule has 0 aromatic heterocycles. The quantitative estimate of drug-likeness (QED) is 0.729. The van der Waals surface area contributed by atoms with Gasteiger partial charge in [0.25, 0.3) is 5.91 Å². The minimum Gasteiger partial charge on any atom is -0.378 e. The molecule has 0 radical (unpaired) electrons. The highest BCUT2D eigenvalue weighted by molar-refractivity contribution is 5.94. The minimum atomic E-state index is -0.0210. The molecule has 0 saturated heterocycles. The lowest BCUT2D eigenvalue weighted by molar-refractivity contribution is 0.0953. The molecule has 0 atom stereocenters. The van der Waals surface area contributed by atoms with Crippen molar-refractivity contribution < 1.29 is 4.79 Å². The van der Waals surface area contributed by atoms with Crippen molar-refractivity contribution in [3.05, 3.63) is 29.8 Å². The average molecular weight is 235 g/mol. The van der Waals surface area contributed by atoms with Gasteiger partial charge in [0.1, 0.15) is 0 Å². The van der Waals surface area contributed by atoms with Gasteiger partial charge in [0, 0.05) is 31.9 Å². The largest absolute Gasteiger partial charge is 0.378 e. The highest BCUT2D eigenvalue weighted by Crippen LogP contribution is 2.11. The Morgan fingerprint density at radius 3 is 2.41 bits per heavy atom. The van der Waals surface area contributed by atoms with E-state index in [0.29, 0.717) is 18.7 Å². The molecular formula is C13H21N3O. The van der Waals surface area contributed by atoms with Crippen molar-refractivity contribution in [1.29, 1.82) is 0 Å². The van der Waals surface area contributed by atoms with E-state index < -0.39 is 0 Å². The van der Waals surface area contributed by atoms with E-state index in [1.807, 2.05) is 43.3 Å². The van der Waals surface area contributed by atoms with Crippen LogP contribution in [0.15, 0.2) is 24.3 Å². The van der Waals surface area contributed by atoms with E-state index in [0.717, 1.165) is 18.5 Å². The van der Waals surface area contributed by atoms with E-state index in [1.165, 1.54) is 0 Å². The fraction of sp³-hybridized carbons (Fsp3) is 0.462. The molecular weight excluding hydrogens is 214 g/mol. The molecule has 0 bridgehead atoms. The van der Waals surface area contributed by atoms with Gasteiger partial charge in [0.2, 0.25) is 0 Å². The Morgan fingerprint density at radius 2 is 1.88 bits per heavy atom. The molecule has 4 heteroatoms. The van der Waals surface area contributed by atoms with E-state index >= 15 is 0 Å². The summed E-state index contributed by atoms with van der Waals surface area (Å²) in [7, 11) is 3.95. The van der Waals surface area contributed by atoms with E-state index in [4.69, 9.17) is 5.73 Å². The van der Waals surface area contributed by atoms with Crippen molar-refractivity contribution in [1.82, 2.24) is 5.32 Å². The van der Waals surface area contributed by atoms with Crippen molar-refractivity contribution in [3.8, 4) is 0 Å². The third kappa shape index (κ3) is 4.44. The molecule has 1 rings (SSSR count). The van der Waals surface area contributed by atoms with Gasteiger partial charge in [-0.3, -0.25) is 4.79 Å². The molecule has 1 aromatic carbocycles. The summed E-state index contributed by atoms with van der Waals surface area (Å²) >= 11 is 0. The SMILES string of the molecule is CN(C)c1ccc(C(=O)NCCCCN)cc1. The van der Waals surface area contributed by atoms with Crippen LogP contribution in [0.25, 0.3) is 0 Å². The highest BCUT2D eigenvalue weighted by Gasteiger charge is 2.04. The molecule has 1 amide bonds. The molecule has 3 N–H and O–H groups in total. The van der Waals surface area contributed by atoms with Crippen molar-refractivity contribution in [2.45, 2.75) is 12.8 Å². The van der Waals surface area contributed by atoms with Gasteiger partial charge in [-0.05, 0) is 43.7 Å². The van der Waals surface area contributed by atoms with Crippen LogP contribution < -0.4 is 16.0 Å². The van der Waals surface area contributed by atoms with Gasteiger partial charge >= 0.3 is 0 Å². The lowest BCUT2D eigenvalue weighted by Gasteiger charge is -2.12. The first-order valence-electron chi connectivity index (χ1n) is 5.91. The zero-order valence-corrected chi connectivity index (χ0v) is 10.6. The van der Waals surface area contributed by atoms with E-state index in [9.17, 15) is 4.79 Å². The van der Waals surface area contributed by atoms with Crippen molar-refractivity contribution in [2.24, 2.45) is 5.73 Å². The number of nitrogens with zero attached hydrogens (tertiary/aromatic N) is 1. The first-order chi connectivity index (χ1) is 8.15. The molecule has 0 aliphatic heterocycles. The van der Waals surface area contributed by atoms with Crippen molar-refractivity contribution in [3.63, 3.8) is 0 Å². The molecule has 0 aliphatic rings.